The summed E-state index contributed by atoms with van der Waals surface area (Å²) in [6.45, 7) is 2.87. The van der Waals surface area contributed by atoms with Crippen LogP contribution in [0.15, 0.2) is 11.4 Å². The van der Waals surface area contributed by atoms with Crippen molar-refractivity contribution in [3.05, 3.63) is 11.5 Å². The highest BCUT2D eigenvalue weighted by Gasteiger charge is 2.27. The van der Waals surface area contributed by atoms with Gasteiger partial charge in [0.25, 0.3) is 0 Å². The first-order valence-corrected chi connectivity index (χ1v) is 6.31. The Bertz CT molecular complexity index is 378. The van der Waals surface area contributed by atoms with Gasteiger partial charge < -0.3 is 9.47 Å². The average molecular weight is 261 g/mol. The van der Waals surface area contributed by atoms with Crippen molar-refractivity contribution in [2.75, 3.05) is 13.7 Å². The molecule has 1 fully saturated rings. The zero-order chi connectivity index (χ0) is 11.5. The van der Waals surface area contributed by atoms with Crippen LogP contribution in [0.3, 0.4) is 0 Å². The van der Waals surface area contributed by atoms with Crippen LogP contribution in [-0.2, 0) is 4.74 Å². The number of aromatic nitrogens is 2. The summed E-state index contributed by atoms with van der Waals surface area (Å²) in [4.78, 5) is 8.08. The SMILES string of the molecule is COc1c(Cl)ncnc1SC1CCOC1C. The van der Waals surface area contributed by atoms with Crippen molar-refractivity contribution in [1.29, 1.82) is 0 Å². The third kappa shape index (κ3) is 2.42. The fraction of sp³-hybridized carbons (Fsp3) is 0.600. The maximum atomic E-state index is 5.93. The Morgan fingerprint density at radius 2 is 2.38 bits per heavy atom. The minimum atomic E-state index is 0.239. The molecule has 2 heterocycles. The van der Waals surface area contributed by atoms with Gasteiger partial charge in [-0.05, 0) is 13.3 Å². The Morgan fingerprint density at radius 1 is 1.56 bits per heavy atom. The van der Waals surface area contributed by atoms with E-state index in [-0.39, 0.29) is 6.10 Å². The van der Waals surface area contributed by atoms with Crippen LogP contribution in [-0.4, -0.2) is 35.0 Å². The summed E-state index contributed by atoms with van der Waals surface area (Å²) < 4.78 is 10.7. The molecular formula is C10H13ClN2O2S. The Labute approximate surface area is 104 Å². The van der Waals surface area contributed by atoms with Crippen LogP contribution in [0.5, 0.6) is 5.75 Å². The Hall–Kier alpha value is -0.520. The molecule has 4 nitrogen and oxygen atoms in total. The van der Waals surface area contributed by atoms with Crippen LogP contribution in [0.2, 0.25) is 5.15 Å². The number of thioether (sulfide) groups is 1. The zero-order valence-electron chi connectivity index (χ0n) is 9.14. The molecule has 1 aromatic heterocycles. The van der Waals surface area contributed by atoms with Crippen molar-refractivity contribution in [3.63, 3.8) is 0 Å². The van der Waals surface area contributed by atoms with Gasteiger partial charge in [0, 0.05) is 11.9 Å². The third-order valence-electron chi connectivity index (χ3n) is 2.50. The van der Waals surface area contributed by atoms with Gasteiger partial charge in [0.05, 0.1) is 13.2 Å². The Balaban J connectivity index is 2.17. The van der Waals surface area contributed by atoms with Gasteiger partial charge >= 0.3 is 0 Å². The summed E-state index contributed by atoms with van der Waals surface area (Å²) in [7, 11) is 1.57. The maximum Gasteiger partial charge on any atom is 0.188 e. The lowest BCUT2D eigenvalue weighted by Crippen LogP contribution is -2.13. The van der Waals surface area contributed by atoms with Crippen LogP contribution in [0.25, 0.3) is 0 Å². The number of rotatable bonds is 3. The predicted molar refractivity (Wildman–Crippen MR) is 63.3 cm³/mol. The van der Waals surface area contributed by atoms with Gasteiger partial charge in [-0.2, -0.15) is 0 Å². The molecule has 0 radical (unpaired) electrons. The largest absolute Gasteiger partial charge is 0.491 e. The highest BCUT2D eigenvalue weighted by molar-refractivity contribution is 8.00. The molecule has 0 aromatic carbocycles. The van der Waals surface area contributed by atoms with Gasteiger partial charge in [-0.1, -0.05) is 23.4 Å². The fourth-order valence-electron chi connectivity index (χ4n) is 1.60. The third-order valence-corrected chi connectivity index (χ3v) is 4.21. The highest BCUT2D eigenvalue weighted by atomic mass is 35.5. The Kier molecular flexibility index (Phi) is 3.89. The van der Waals surface area contributed by atoms with E-state index in [1.54, 1.807) is 18.9 Å². The second-order valence-electron chi connectivity index (χ2n) is 3.52. The van der Waals surface area contributed by atoms with E-state index in [2.05, 4.69) is 16.9 Å². The summed E-state index contributed by atoms with van der Waals surface area (Å²) >= 11 is 7.57. The van der Waals surface area contributed by atoms with Crippen molar-refractivity contribution in [3.8, 4) is 5.75 Å². The first-order chi connectivity index (χ1) is 7.72. The van der Waals surface area contributed by atoms with Crippen LogP contribution in [0.4, 0.5) is 0 Å². The minimum absolute atomic E-state index is 0.239. The molecule has 88 valence electrons. The van der Waals surface area contributed by atoms with E-state index in [9.17, 15) is 0 Å². The van der Waals surface area contributed by atoms with Gasteiger partial charge in [-0.15, -0.1) is 0 Å². The normalized spacial score (nSPS) is 24.7. The van der Waals surface area contributed by atoms with E-state index in [4.69, 9.17) is 21.1 Å². The molecule has 0 N–H and O–H groups in total. The topological polar surface area (TPSA) is 44.2 Å². The molecule has 1 aliphatic heterocycles. The molecule has 2 unspecified atom stereocenters. The van der Waals surface area contributed by atoms with E-state index >= 15 is 0 Å². The second-order valence-corrected chi connectivity index (χ2v) is 5.11. The lowest BCUT2D eigenvalue weighted by Gasteiger charge is -2.14. The summed E-state index contributed by atoms with van der Waals surface area (Å²) in [5.74, 6) is 0.549. The fourth-order valence-corrected chi connectivity index (χ4v) is 3.04. The number of hydrogen-bond donors (Lipinski definition) is 0. The maximum absolute atomic E-state index is 5.93. The van der Waals surface area contributed by atoms with E-state index in [1.807, 2.05) is 0 Å². The molecule has 0 bridgehead atoms. The zero-order valence-corrected chi connectivity index (χ0v) is 10.7. The number of methoxy groups -OCH3 is 1. The van der Waals surface area contributed by atoms with Gasteiger partial charge in [0.15, 0.2) is 10.9 Å². The molecule has 0 saturated carbocycles. The van der Waals surface area contributed by atoms with Crippen molar-refractivity contribution in [2.24, 2.45) is 0 Å². The van der Waals surface area contributed by atoms with Gasteiger partial charge in [0.1, 0.15) is 11.4 Å². The molecule has 2 atom stereocenters. The van der Waals surface area contributed by atoms with Crippen molar-refractivity contribution in [1.82, 2.24) is 9.97 Å². The molecule has 1 saturated heterocycles. The van der Waals surface area contributed by atoms with Gasteiger partial charge in [0.2, 0.25) is 0 Å². The molecular weight excluding hydrogens is 248 g/mol. The molecule has 2 rings (SSSR count). The quantitative estimate of drug-likeness (QED) is 0.781. The van der Waals surface area contributed by atoms with Crippen molar-refractivity contribution < 1.29 is 9.47 Å². The average Bonchev–Trinajstić information content (AvgIpc) is 2.65. The van der Waals surface area contributed by atoms with Crippen molar-refractivity contribution in [2.45, 2.75) is 29.7 Å². The van der Waals surface area contributed by atoms with Crippen LogP contribution < -0.4 is 4.74 Å². The number of halogens is 1. The molecule has 0 amide bonds. The van der Waals surface area contributed by atoms with Gasteiger partial charge in [-0.25, -0.2) is 9.97 Å². The number of hydrogen-bond acceptors (Lipinski definition) is 5. The van der Waals surface area contributed by atoms with E-state index < -0.39 is 0 Å². The van der Waals surface area contributed by atoms with E-state index in [1.165, 1.54) is 6.33 Å². The first-order valence-electron chi connectivity index (χ1n) is 5.05. The summed E-state index contributed by atoms with van der Waals surface area (Å²) in [6, 6.07) is 0. The second kappa shape index (κ2) is 5.21. The van der Waals surface area contributed by atoms with E-state index in [0.29, 0.717) is 16.2 Å². The molecule has 0 spiro atoms. The molecule has 1 aliphatic rings. The molecule has 0 aliphatic carbocycles. The molecule has 16 heavy (non-hydrogen) atoms. The number of ether oxygens (including phenoxy) is 2. The van der Waals surface area contributed by atoms with Crippen molar-refractivity contribution >= 4 is 23.4 Å². The Morgan fingerprint density at radius 3 is 3.00 bits per heavy atom. The highest BCUT2D eigenvalue weighted by Crippen LogP contribution is 2.38. The standard InChI is InChI=1S/C10H13ClN2O2S/c1-6-7(3-4-15-6)16-10-8(14-2)9(11)12-5-13-10/h5-7H,3-4H2,1-2H3. The molecule has 6 heteroatoms. The predicted octanol–water partition coefficient (Wildman–Crippen LogP) is 2.41. The monoisotopic (exact) mass is 260 g/mol. The van der Waals surface area contributed by atoms with Crippen LogP contribution in [0, 0.1) is 0 Å². The lowest BCUT2D eigenvalue weighted by molar-refractivity contribution is 0.127. The summed E-state index contributed by atoms with van der Waals surface area (Å²) in [5.41, 5.74) is 0. The minimum Gasteiger partial charge on any atom is -0.491 e. The number of nitrogens with zero attached hydrogens (tertiary/aromatic N) is 2. The molecule has 1 aromatic rings. The van der Waals surface area contributed by atoms with Crippen LogP contribution in [0.1, 0.15) is 13.3 Å². The first kappa shape index (κ1) is 12.0. The van der Waals surface area contributed by atoms with Gasteiger partial charge in [-0.3, -0.25) is 0 Å². The summed E-state index contributed by atoms with van der Waals surface area (Å²) in [5, 5.41) is 1.54. The van der Waals surface area contributed by atoms with Crippen LogP contribution >= 0.6 is 23.4 Å². The van der Waals surface area contributed by atoms with E-state index in [0.717, 1.165) is 18.1 Å². The summed E-state index contributed by atoms with van der Waals surface area (Å²) in [6.07, 6.45) is 2.72. The smallest absolute Gasteiger partial charge is 0.188 e. The lowest BCUT2D eigenvalue weighted by atomic mass is 10.3.